The molecule has 0 aromatic heterocycles. The number of likely N-dealkylation sites (tertiary alicyclic amines) is 2. The smallest absolute Gasteiger partial charge is 0.245 e. The molecule has 0 bridgehead atoms. The summed E-state index contributed by atoms with van der Waals surface area (Å²) in [5.41, 5.74) is 2.52. The van der Waals surface area contributed by atoms with Crippen LogP contribution in [0.15, 0.2) is 42.5 Å². The minimum absolute atomic E-state index is 0.0359. The van der Waals surface area contributed by atoms with Gasteiger partial charge in [0, 0.05) is 32.1 Å². The summed E-state index contributed by atoms with van der Waals surface area (Å²) in [6.07, 6.45) is 6.89. The largest absolute Gasteiger partial charge is 0.497 e. The van der Waals surface area contributed by atoms with Gasteiger partial charge in [-0.05, 0) is 49.5 Å². The Morgan fingerprint density at radius 3 is 2.44 bits per heavy atom. The lowest BCUT2D eigenvalue weighted by Crippen LogP contribution is -2.45. The van der Waals surface area contributed by atoms with E-state index in [1.165, 1.54) is 11.6 Å². The van der Waals surface area contributed by atoms with Crippen molar-refractivity contribution in [1.82, 2.24) is 9.80 Å². The predicted octanol–water partition coefficient (Wildman–Crippen LogP) is 3.13. The third-order valence-electron chi connectivity index (χ3n) is 5.51. The molecule has 0 unspecified atom stereocenters. The van der Waals surface area contributed by atoms with Gasteiger partial charge in [0.15, 0.2) is 0 Å². The van der Waals surface area contributed by atoms with Crippen LogP contribution in [-0.4, -0.2) is 54.9 Å². The molecule has 1 aromatic rings. The lowest BCUT2D eigenvalue weighted by molar-refractivity contribution is -0.139. The van der Waals surface area contributed by atoms with Crippen LogP contribution in [0.3, 0.4) is 0 Å². The highest BCUT2D eigenvalue weighted by atomic mass is 16.5. The molecule has 5 heteroatoms. The third-order valence-corrected chi connectivity index (χ3v) is 5.51. The van der Waals surface area contributed by atoms with Crippen molar-refractivity contribution in [3.05, 3.63) is 48.1 Å². The molecule has 1 aromatic carbocycles. The first-order valence-electron chi connectivity index (χ1n) is 9.64. The van der Waals surface area contributed by atoms with Crippen molar-refractivity contribution >= 4 is 17.9 Å². The molecule has 27 heavy (non-hydrogen) atoms. The van der Waals surface area contributed by atoms with Crippen LogP contribution >= 0.6 is 0 Å². The van der Waals surface area contributed by atoms with Crippen molar-refractivity contribution in [2.24, 2.45) is 5.92 Å². The van der Waals surface area contributed by atoms with E-state index in [0.29, 0.717) is 13.1 Å². The second-order valence-electron chi connectivity index (χ2n) is 7.21. The van der Waals surface area contributed by atoms with Gasteiger partial charge in [0.1, 0.15) is 5.75 Å². The molecule has 0 N–H and O–H groups in total. The molecule has 0 saturated carbocycles. The van der Waals surface area contributed by atoms with Crippen LogP contribution in [0.25, 0.3) is 6.08 Å². The minimum Gasteiger partial charge on any atom is -0.497 e. The Hall–Kier alpha value is -2.56. The predicted molar refractivity (Wildman–Crippen MR) is 106 cm³/mol. The first-order chi connectivity index (χ1) is 13.1. The maximum Gasteiger partial charge on any atom is 0.245 e. The molecular formula is C22H28N2O3. The number of hydrogen-bond acceptors (Lipinski definition) is 3. The quantitative estimate of drug-likeness (QED) is 0.767. The highest BCUT2D eigenvalue weighted by molar-refractivity contribution is 5.87. The summed E-state index contributed by atoms with van der Waals surface area (Å²) in [4.78, 5) is 28.3. The normalized spacial score (nSPS) is 18.2. The van der Waals surface area contributed by atoms with Gasteiger partial charge in [-0.1, -0.05) is 30.4 Å². The first kappa shape index (κ1) is 19.2. The third kappa shape index (κ3) is 4.79. The van der Waals surface area contributed by atoms with Gasteiger partial charge in [0.25, 0.3) is 0 Å². The number of nitrogens with zero attached hydrogens (tertiary/aromatic N) is 2. The number of carbonyl (C=O) groups excluding carboxylic acids is 2. The highest BCUT2D eigenvalue weighted by Gasteiger charge is 2.30. The van der Waals surface area contributed by atoms with E-state index in [-0.39, 0.29) is 17.7 Å². The van der Waals surface area contributed by atoms with Crippen LogP contribution in [0, 0.1) is 5.92 Å². The van der Waals surface area contributed by atoms with Gasteiger partial charge in [-0.3, -0.25) is 9.59 Å². The number of piperidine rings is 2. The Bertz CT molecular complexity index is 723. The fourth-order valence-electron chi connectivity index (χ4n) is 3.86. The van der Waals surface area contributed by atoms with Crippen LogP contribution in [0.1, 0.15) is 31.2 Å². The molecule has 0 atom stereocenters. The van der Waals surface area contributed by atoms with Gasteiger partial charge in [-0.25, -0.2) is 0 Å². The standard InChI is InChI=1S/C22H28N2O3/c1-3-21(25)23-13-9-19(10-14-23)22(26)24-11-7-17(8-12-24)15-18-5-4-6-20(16-18)27-2/h3-6,15-16,19H,1,7-14H2,2H3. The monoisotopic (exact) mass is 368 g/mol. The fraction of sp³-hybridized carbons (Fsp3) is 0.455. The Kier molecular flexibility index (Phi) is 6.32. The summed E-state index contributed by atoms with van der Waals surface area (Å²) < 4.78 is 5.28. The molecule has 0 aliphatic carbocycles. The van der Waals surface area contributed by atoms with Crippen LogP contribution in [0.5, 0.6) is 5.75 Å². The van der Waals surface area contributed by atoms with E-state index in [9.17, 15) is 9.59 Å². The summed E-state index contributed by atoms with van der Waals surface area (Å²) in [7, 11) is 1.67. The van der Waals surface area contributed by atoms with E-state index in [1.807, 2.05) is 23.1 Å². The average Bonchev–Trinajstić information content (AvgIpc) is 2.73. The molecule has 2 saturated heterocycles. The summed E-state index contributed by atoms with van der Waals surface area (Å²) in [5.74, 6) is 1.12. The van der Waals surface area contributed by atoms with E-state index in [2.05, 4.69) is 18.7 Å². The zero-order valence-electron chi connectivity index (χ0n) is 16.0. The topological polar surface area (TPSA) is 49.9 Å². The molecule has 2 aliphatic rings. The lowest BCUT2D eigenvalue weighted by atomic mass is 9.93. The van der Waals surface area contributed by atoms with Crippen LogP contribution in [0.4, 0.5) is 0 Å². The zero-order chi connectivity index (χ0) is 19.2. The number of ether oxygens (including phenoxy) is 1. The van der Waals surface area contributed by atoms with Crippen LogP contribution in [0.2, 0.25) is 0 Å². The summed E-state index contributed by atoms with van der Waals surface area (Å²) in [5, 5.41) is 0. The second-order valence-corrected chi connectivity index (χ2v) is 7.21. The number of methoxy groups -OCH3 is 1. The summed E-state index contributed by atoms with van der Waals surface area (Å²) >= 11 is 0. The van der Waals surface area contributed by atoms with Crippen LogP contribution < -0.4 is 4.74 Å². The number of rotatable bonds is 4. The van der Waals surface area contributed by atoms with E-state index in [0.717, 1.165) is 50.1 Å². The van der Waals surface area contributed by atoms with Gasteiger partial charge < -0.3 is 14.5 Å². The van der Waals surface area contributed by atoms with Gasteiger partial charge in [-0.2, -0.15) is 0 Å². The van der Waals surface area contributed by atoms with Crippen LogP contribution in [-0.2, 0) is 9.59 Å². The molecule has 2 heterocycles. The Balaban J connectivity index is 1.51. The maximum atomic E-state index is 12.8. The summed E-state index contributed by atoms with van der Waals surface area (Å²) in [6, 6.07) is 8.04. The molecule has 2 aliphatic heterocycles. The van der Waals surface area contributed by atoms with Gasteiger partial charge in [0.2, 0.25) is 11.8 Å². The molecule has 0 spiro atoms. The molecule has 144 valence electrons. The van der Waals surface area contributed by atoms with E-state index in [4.69, 9.17) is 4.74 Å². The first-order valence-corrected chi connectivity index (χ1v) is 9.64. The Labute approximate surface area is 161 Å². The number of amides is 2. The second kappa shape index (κ2) is 8.89. The number of benzene rings is 1. The van der Waals surface area contributed by atoms with E-state index >= 15 is 0 Å². The van der Waals surface area contributed by atoms with Crippen molar-refractivity contribution in [3.8, 4) is 5.75 Å². The van der Waals surface area contributed by atoms with Crippen molar-refractivity contribution in [1.29, 1.82) is 0 Å². The fourth-order valence-corrected chi connectivity index (χ4v) is 3.86. The molecular weight excluding hydrogens is 340 g/mol. The van der Waals surface area contributed by atoms with Crippen molar-refractivity contribution in [2.45, 2.75) is 25.7 Å². The van der Waals surface area contributed by atoms with E-state index in [1.54, 1.807) is 12.0 Å². The Morgan fingerprint density at radius 1 is 1.11 bits per heavy atom. The molecule has 5 nitrogen and oxygen atoms in total. The minimum atomic E-state index is -0.0359. The molecule has 0 radical (unpaired) electrons. The highest BCUT2D eigenvalue weighted by Crippen LogP contribution is 2.25. The van der Waals surface area contributed by atoms with Crippen molar-refractivity contribution in [3.63, 3.8) is 0 Å². The molecule has 2 fully saturated rings. The van der Waals surface area contributed by atoms with Crippen molar-refractivity contribution in [2.75, 3.05) is 33.3 Å². The van der Waals surface area contributed by atoms with Gasteiger partial charge >= 0.3 is 0 Å². The SMILES string of the molecule is C=CC(=O)N1CCC(C(=O)N2CCC(=Cc3cccc(OC)c3)CC2)CC1. The summed E-state index contributed by atoms with van der Waals surface area (Å²) in [6.45, 7) is 6.39. The molecule has 3 rings (SSSR count). The van der Waals surface area contributed by atoms with E-state index < -0.39 is 0 Å². The van der Waals surface area contributed by atoms with Gasteiger partial charge in [-0.15, -0.1) is 0 Å². The zero-order valence-corrected chi connectivity index (χ0v) is 16.0. The maximum absolute atomic E-state index is 12.8. The number of carbonyl (C=O) groups is 2. The van der Waals surface area contributed by atoms with Crippen molar-refractivity contribution < 1.29 is 14.3 Å². The molecule has 2 amide bonds. The number of hydrogen-bond donors (Lipinski definition) is 0. The van der Waals surface area contributed by atoms with Gasteiger partial charge in [0.05, 0.1) is 7.11 Å². The lowest BCUT2D eigenvalue weighted by Gasteiger charge is -2.35. The average molecular weight is 368 g/mol. The Morgan fingerprint density at radius 2 is 1.81 bits per heavy atom.